The van der Waals surface area contributed by atoms with Crippen LogP contribution in [0.2, 0.25) is 0 Å². The molecule has 1 saturated heterocycles. The summed E-state index contributed by atoms with van der Waals surface area (Å²) in [5.41, 5.74) is 7.75. The van der Waals surface area contributed by atoms with E-state index < -0.39 is 5.41 Å². The van der Waals surface area contributed by atoms with Gasteiger partial charge in [0.05, 0.1) is 17.1 Å². The summed E-state index contributed by atoms with van der Waals surface area (Å²) < 4.78 is 11.2. The molecule has 0 unspecified atom stereocenters. The van der Waals surface area contributed by atoms with Gasteiger partial charge in [0.15, 0.2) is 0 Å². The van der Waals surface area contributed by atoms with Crippen molar-refractivity contribution in [3.05, 3.63) is 22.7 Å². The number of nitriles is 1. The quantitative estimate of drug-likeness (QED) is 0.788. The number of nitrogens with zero attached hydrogens (tertiary/aromatic N) is 2. The summed E-state index contributed by atoms with van der Waals surface area (Å²) in [5, 5.41) is 16.6. The monoisotopic (exact) mass is 260 g/mol. The van der Waals surface area contributed by atoms with E-state index in [1.165, 1.54) is 0 Å². The Labute approximate surface area is 111 Å². The van der Waals surface area contributed by atoms with Crippen molar-refractivity contribution in [3.63, 3.8) is 0 Å². The maximum atomic E-state index is 9.48. The van der Waals surface area contributed by atoms with Gasteiger partial charge in [0, 0.05) is 12.3 Å². The number of nitrogens with one attached hydrogen (secondary N) is 1. The Morgan fingerprint density at radius 2 is 2.42 bits per heavy atom. The number of fused-ring (bicyclic) bond motifs is 2. The molecule has 6 nitrogen and oxygen atoms in total. The van der Waals surface area contributed by atoms with Crippen molar-refractivity contribution in [2.24, 2.45) is 5.73 Å². The number of H-pyrrole nitrogens is 1. The lowest BCUT2D eigenvalue weighted by molar-refractivity contribution is 0.0996. The van der Waals surface area contributed by atoms with Crippen LogP contribution in [0, 0.1) is 11.3 Å². The van der Waals surface area contributed by atoms with Crippen LogP contribution >= 0.6 is 0 Å². The maximum absolute atomic E-state index is 9.48. The summed E-state index contributed by atoms with van der Waals surface area (Å²) in [6, 6.07) is 2.21. The third-order valence-corrected chi connectivity index (χ3v) is 4.18. The van der Waals surface area contributed by atoms with Crippen molar-refractivity contribution < 1.29 is 9.47 Å². The summed E-state index contributed by atoms with van der Waals surface area (Å²) in [4.78, 5) is 0. The molecule has 3 heterocycles. The Morgan fingerprint density at radius 1 is 1.63 bits per heavy atom. The Bertz CT molecular complexity index is 598. The number of aromatic amines is 1. The molecule has 0 saturated carbocycles. The predicted molar refractivity (Wildman–Crippen MR) is 67.1 cm³/mol. The molecular formula is C13H16N4O2. The van der Waals surface area contributed by atoms with Gasteiger partial charge in [0.1, 0.15) is 11.6 Å². The molecule has 3 rings (SSSR count). The van der Waals surface area contributed by atoms with Crippen molar-refractivity contribution in [1.82, 2.24) is 10.2 Å². The average molecular weight is 260 g/mol. The van der Waals surface area contributed by atoms with Crippen LogP contribution in [0.15, 0.2) is 11.5 Å². The highest BCUT2D eigenvalue weighted by Gasteiger charge is 2.54. The molecule has 2 atom stereocenters. The minimum atomic E-state index is -0.523. The number of hydrogen-bond acceptors (Lipinski definition) is 5. The first kappa shape index (κ1) is 12.1. The first-order valence-corrected chi connectivity index (χ1v) is 6.42. The van der Waals surface area contributed by atoms with Crippen molar-refractivity contribution in [1.29, 1.82) is 5.26 Å². The van der Waals surface area contributed by atoms with E-state index in [-0.39, 0.29) is 12.0 Å². The number of aryl methyl sites for hydroxylation is 1. The van der Waals surface area contributed by atoms with E-state index in [0.717, 1.165) is 24.1 Å². The minimum Gasteiger partial charge on any atom is -0.420 e. The van der Waals surface area contributed by atoms with Crippen LogP contribution in [-0.2, 0) is 16.6 Å². The van der Waals surface area contributed by atoms with E-state index in [0.29, 0.717) is 18.1 Å². The van der Waals surface area contributed by atoms with Crippen LogP contribution in [-0.4, -0.2) is 22.9 Å². The number of hydrogen-bond donors (Lipinski definition) is 2. The molecule has 0 amide bonds. The second-order valence-corrected chi connectivity index (χ2v) is 4.92. The lowest BCUT2D eigenvalue weighted by atomic mass is 9.68. The van der Waals surface area contributed by atoms with Gasteiger partial charge in [-0.2, -0.15) is 5.26 Å². The van der Waals surface area contributed by atoms with E-state index in [1.54, 1.807) is 0 Å². The van der Waals surface area contributed by atoms with Gasteiger partial charge in [0.2, 0.25) is 11.8 Å². The molecule has 1 aromatic rings. The molecule has 2 aliphatic heterocycles. The SMILES string of the molecule is CCc1[nH]nc2c1[C@@]1(CCO[C@@H]1C)C(C#N)=C(N)O2. The Hall–Kier alpha value is -2.00. The van der Waals surface area contributed by atoms with Gasteiger partial charge in [-0.3, -0.25) is 5.10 Å². The Kier molecular flexibility index (Phi) is 2.54. The zero-order chi connectivity index (χ0) is 13.6. The third-order valence-electron chi connectivity index (χ3n) is 4.18. The molecule has 1 fully saturated rings. The fourth-order valence-corrected chi connectivity index (χ4v) is 3.20. The van der Waals surface area contributed by atoms with Crippen LogP contribution in [0.4, 0.5) is 0 Å². The molecule has 1 spiro atoms. The van der Waals surface area contributed by atoms with Crippen LogP contribution in [0.3, 0.4) is 0 Å². The highest BCUT2D eigenvalue weighted by molar-refractivity contribution is 5.55. The van der Waals surface area contributed by atoms with E-state index in [1.807, 2.05) is 13.8 Å². The molecule has 19 heavy (non-hydrogen) atoms. The predicted octanol–water partition coefficient (Wildman–Crippen LogP) is 1.10. The van der Waals surface area contributed by atoms with Gasteiger partial charge in [-0.05, 0) is 19.8 Å². The molecule has 1 aromatic heterocycles. The first-order chi connectivity index (χ1) is 9.15. The fraction of sp³-hybridized carbons (Fsp3) is 0.538. The smallest absolute Gasteiger partial charge is 0.244 e. The molecular weight excluding hydrogens is 244 g/mol. The largest absolute Gasteiger partial charge is 0.420 e. The number of rotatable bonds is 1. The normalized spacial score (nSPS) is 29.2. The highest BCUT2D eigenvalue weighted by Crippen LogP contribution is 2.51. The zero-order valence-electron chi connectivity index (χ0n) is 11.0. The standard InChI is InChI=1S/C13H16N4O2/c1-3-9-10-12(17-16-9)19-11(15)8(6-14)13(10)4-5-18-7(13)2/h7H,3-5,15H2,1-2H3,(H,16,17)/t7-,13-/m1/s1. The third kappa shape index (κ3) is 1.36. The lowest BCUT2D eigenvalue weighted by Gasteiger charge is -2.35. The maximum Gasteiger partial charge on any atom is 0.244 e. The molecule has 100 valence electrons. The lowest BCUT2D eigenvalue weighted by Crippen LogP contribution is -2.41. The minimum absolute atomic E-state index is 0.119. The summed E-state index contributed by atoms with van der Waals surface area (Å²) in [6.45, 7) is 4.61. The second-order valence-electron chi connectivity index (χ2n) is 4.92. The van der Waals surface area contributed by atoms with Gasteiger partial charge < -0.3 is 15.2 Å². The molecule has 0 aliphatic carbocycles. The zero-order valence-corrected chi connectivity index (χ0v) is 11.0. The molecule has 0 bridgehead atoms. The van der Waals surface area contributed by atoms with Crippen molar-refractivity contribution >= 4 is 0 Å². The molecule has 3 N–H and O–H groups in total. The van der Waals surface area contributed by atoms with Crippen LogP contribution < -0.4 is 10.5 Å². The molecule has 0 aromatic carbocycles. The number of aromatic nitrogens is 2. The van der Waals surface area contributed by atoms with Gasteiger partial charge in [-0.25, -0.2) is 0 Å². The Balaban J connectivity index is 2.30. The summed E-state index contributed by atoms with van der Waals surface area (Å²) >= 11 is 0. The Morgan fingerprint density at radius 3 is 3.00 bits per heavy atom. The average Bonchev–Trinajstić information content (AvgIpc) is 2.95. The van der Waals surface area contributed by atoms with Crippen molar-refractivity contribution in [3.8, 4) is 11.9 Å². The van der Waals surface area contributed by atoms with Gasteiger partial charge in [-0.1, -0.05) is 6.92 Å². The fourth-order valence-electron chi connectivity index (χ4n) is 3.20. The van der Waals surface area contributed by atoms with E-state index in [4.69, 9.17) is 15.2 Å². The second kappa shape index (κ2) is 4.00. The number of ether oxygens (including phenoxy) is 2. The number of nitrogens with two attached hydrogens (primary N) is 1. The topological polar surface area (TPSA) is 97.0 Å². The van der Waals surface area contributed by atoms with Crippen LogP contribution in [0.25, 0.3) is 0 Å². The first-order valence-electron chi connectivity index (χ1n) is 6.42. The molecule has 6 heteroatoms. The molecule has 0 radical (unpaired) electrons. The van der Waals surface area contributed by atoms with Crippen LogP contribution in [0.1, 0.15) is 31.5 Å². The van der Waals surface area contributed by atoms with Crippen molar-refractivity contribution in [2.75, 3.05) is 6.61 Å². The van der Waals surface area contributed by atoms with Gasteiger partial charge >= 0.3 is 0 Å². The van der Waals surface area contributed by atoms with E-state index >= 15 is 0 Å². The summed E-state index contributed by atoms with van der Waals surface area (Å²) in [6.07, 6.45) is 1.39. The summed E-state index contributed by atoms with van der Waals surface area (Å²) in [5.74, 6) is 0.618. The summed E-state index contributed by atoms with van der Waals surface area (Å²) in [7, 11) is 0. The molecule has 2 aliphatic rings. The van der Waals surface area contributed by atoms with E-state index in [2.05, 4.69) is 16.3 Å². The van der Waals surface area contributed by atoms with Gasteiger partial charge in [0.25, 0.3) is 0 Å². The van der Waals surface area contributed by atoms with Crippen LogP contribution in [0.5, 0.6) is 5.88 Å². The van der Waals surface area contributed by atoms with Crippen molar-refractivity contribution in [2.45, 2.75) is 38.2 Å². The van der Waals surface area contributed by atoms with E-state index in [9.17, 15) is 5.26 Å². The van der Waals surface area contributed by atoms with Gasteiger partial charge in [-0.15, -0.1) is 5.10 Å². The highest BCUT2D eigenvalue weighted by atomic mass is 16.5.